The Morgan fingerprint density at radius 2 is 1.65 bits per heavy atom. The molecule has 0 aromatic heterocycles. The zero-order chi connectivity index (χ0) is 18.7. The molecule has 0 spiro atoms. The molecule has 2 fully saturated rings. The van der Waals surface area contributed by atoms with Crippen LogP contribution in [0.5, 0.6) is 0 Å². The number of hydrogen-bond donors (Lipinski definition) is 1. The van der Waals surface area contributed by atoms with Crippen molar-refractivity contribution in [1.82, 2.24) is 10.2 Å². The first-order valence-corrected chi connectivity index (χ1v) is 8.77. The predicted molar refractivity (Wildman–Crippen MR) is 90.9 cm³/mol. The van der Waals surface area contributed by atoms with E-state index >= 15 is 0 Å². The van der Waals surface area contributed by atoms with Gasteiger partial charge in [-0.25, -0.2) is 0 Å². The van der Waals surface area contributed by atoms with E-state index in [1.807, 2.05) is 4.90 Å². The predicted octanol–water partition coefficient (Wildman–Crippen LogP) is 3.24. The Labute approximate surface area is 150 Å². The third-order valence-electron chi connectivity index (χ3n) is 4.74. The first-order chi connectivity index (χ1) is 12.3. The Morgan fingerprint density at radius 1 is 1.04 bits per heavy atom. The standard InChI is InChI=1S/C19H21F3N2O2/c20-19(21,22)15-6-1-13(2-7-15)3-8-17(25)23-16-9-11-24(12-10-16)18(26)14-4-5-14/h1-3,6-8,14,16H,4-5,9-12H2,(H,23,25)/b8-3+. The van der Waals surface area contributed by atoms with Crippen molar-refractivity contribution >= 4 is 17.9 Å². The lowest BCUT2D eigenvalue weighted by atomic mass is 10.0. The molecule has 1 saturated heterocycles. The van der Waals surface area contributed by atoms with Gasteiger partial charge in [0.15, 0.2) is 0 Å². The minimum absolute atomic E-state index is 0.0167. The maximum absolute atomic E-state index is 12.5. The van der Waals surface area contributed by atoms with E-state index < -0.39 is 11.7 Å². The molecule has 1 aliphatic carbocycles. The van der Waals surface area contributed by atoms with Gasteiger partial charge in [-0.3, -0.25) is 9.59 Å². The number of nitrogens with one attached hydrogen (secondary N) is 1. The molecule has 4 nitrogen and oxygen atoms in total. The van der Waals surface area contributed by atoms with Crippen LogP contribution in [-0.2, 0) is 15.8 Å². The maximum Gasteiger partial charge on any atom is 0.416 e. The number of piperidine rings is 1. The molecule has 1 N–H and O–H groups in total. The van der Waals surface area contributed by atoms with Gasteiger partial charge in [-0.2, -0.15) is 13.2 Å². The number of nitrogens with zero attached hydrogens (tertiary/aromatic N) is 1. The van der Waals surface area contributed by atoms with Gasteiger partial charge in [0, 0.05) is 31.1 Å². The number of likely N-dealkylation sites (tertiary alicyclic amines) is 1. The van der Waals surface area contributed by atoms with Crippen LogP contribution in [0.15, 0.2) is 30.3 Å². The molecule has 1 aliphatic heterocycles. The Morgan fingerprint density at radius 3 is 2.19 bits per heavy atom. The molecule has 140 valence electrons. The number of amides is 2. The van der Waals surface area contributed by atoms with Crippen LogP contribution in [0.1, 0.15) is 36.8 Å². The van der Waals surface area contributed by atoms with Crippen LogP contribution in [0.4, 0.5) is 13.2 Å². The fourth-order valence-electron chi connectivity index (χ4n) is 3.04. The smallest absolute Gasteiger partial charge is 0.350 e. The van der Waals surface area contributed by atoms with Gasteiger partial charge in [0.2, 0.25) is 11.8 Å². The Bertz CT molecular complexity index is 686. The third-order valence-corrected chi connectivity index (χ3v) is 4.74. The Kier molecular flexibility index (Phi) is 5.34. The van der Waals surface area contributed by atoms with Crippen molar-refractivity contribution in [3.63, 3.8) is 0 Å². The molecule has 7 heteroatoms. The van der Waals surface area contributed by atoms with Crippen LogP contribution in [-0.4, -0.2) is 35.8 Å². The van der Waals surface area contributed by atoms with Gasteiger partial charge in [-0.05, 0) is 49.5 Å². The van der Waals surface area contributed by atoms with Crippen molar-refractivity contribution in [2.24, 2.45) is 5.92 Å². The molecule has 1 aromatic rings. The van der Waals surface area contributed by atoms with Gasteiger partial charge >= 0.3 is 6.18 Å². The van der Waals surface area contributed by atoms with Crippen molar-refractivity contribution in [3.05, 3.63) is 41.5 Å². The molecular weight excluding hydrogens is 345 g/mol. The second-order valence-electron chi connectivity index (χ2n) is 6.84. The summed E-state index contributed by atoms with van der Waals surface area (Å²) in [6.07, 6.45) is 1.87. The highest BCUT2D eigenvalue weighted by Gasteiger charge is 2.35. The van der Waals surface area contributed by atoms with Crippen LogP contribution in [0.2, 0.25) is 0 Å². The first-order valence-electron chi connectivity index (χ1n) is 8.77. The van der Waals surface area contributed by atoms with Gasteiger partial charge < -0.3 is 10.2 Å². The minimum Gasteiger partial charge on any atom is -0.350 e. The van der Waals surface area contributed by atoms with E-state index in [2.05, 4.69) is 5.32 Å². The monoisotopic (exact) mass is 366 g/mol. The third kappa shape index (κ3) is 4.86. The summed E-state index contributed by atoms with van der Waals surface area (Å²) in [7, 11) is 0. The highest BCUT2D eigenvalue weighted by atomic mass is 19.4. The van der Waals surface area contributed by atoms with Crippen LogP contribution in [0.3, 0.4) is 0 Å². The quantitative estimate of drug-likeness (QED) is 0.832. The zero-order valence-corrected chi connectivity index (χ0v) is 14.3. The maximum atomic E-state index is 12.5. The molecule has 0 unspecified atom stereocenters. The molecule has 1 aromatic carbocycles. The van der Waals surface area contributed by atoms with Crippen molar-refractivity contribution < 1.29 is 22.8 Å². The number of alkyl halides is 3. The van der Waals surface area contributed by atoms with Gasteiger partial charge in [0.1, 0.15) is 0 Å². The van der Waals surface area contributed by atoms with E-state index in [9.17, 15) is 22.8 Å². The van der Waals surface area contributed by atoms with Crippen LogP contribution >= 0.6 is 0 Å². The highest BCUT2D eigenvalue weighted by molar-refractivity contribution is 5.92. The van der Waals surface area contributed by atoms with Crippen LogP contribution < -0.4 is 5.32 Å². The van der Waals surface area contributed by atoms with Crippen molar-refractivity contribution in [1.29, 1.82) is 0 Å². The van der Waals surface area contributed by atoms with Crippen molar-refractivity contribution in [2.45, 2.75) is 37.9 Å². The van der Waals surface area contributed by atoms with E-state index in [1.54, 1.807) is 0 Å². The second kappa shape index (κ2) is 7.51. The molecular formula is C19H21F3N2O2. The number of benzene rings is 1. The average molecular weight is 366 g/mol. The topological polar surface area (TPSA) is 49.4 Å². The van der Waals surface area contributed by atoms with Crippen molar-refractivity contribution in [2.75, 3.05) is 13.1 Å². The first kappa shape index (κ1) is 18.5. The Hall–Kier alpha value is -2.31. The molecule has 0 bridgehead atoms. The highest BCUT2D eigenvalue weighted by Crippen LogP contribution is 2.32. The van der Waals surface area contributed by atoms with E-state index in [0.29, 0.717) is 18.7 Å². The summed E-state index contributed by atoms with van der Waals surface area (Å²) in [6, 6.07) is 4.65. The minimum atomic E-state index is -4.37. The van der Waals surface area contributed by atoms with Gasteiger partial charge in [-0.15, -0.1) is 0 Å². The summed E-state index contributed by atoms with van der Waals surface area (Å²) < 4.78 is 37.5. The molecule has 1 saturated carbocycles. The molecule has 26 heavy (non-hydrogen) atoms. The van der Waals surface area contributed by atoms with Crippen LogP contribution in [0, 0.1) is 5.92 Å². The van der Waals surface area contributed by atoms with E-state index in [1.165, 1.54) is 24.3 Å². The number of carbonyl (C=O) groups is 2. The lowest BCUT2D eigenvalue weighted by Crippen LogP contribution is -2.46. The average Bonchev–Trinajstić information content (AvgIpc) is 3.45. The summed E-state index contributed by atoms with van der Waals surface area (Å²) in [4.78, 5) is 25.9. The molecule has 2 aliphatic rings. The molecule has 2 amide bonds. The molecule has 1 heterocycles. The molecule has 0 radical (unpaired) electrons. The second-order valence-corrected chi connectivity index (χ2v) is 6.84. The number of rotatable bonds is 4. The summed E-state index contributed by atoms with van der Waals surface area (Å²) >= 11 is 0. The van der Waals surface area contributed by atoms with Gasteiger partial charge in [0.05, 0.1) is 5.56 Å². The zero-order valence-electron chi connectivity index (χ0n) is 14.3. The molecule has 0 atom stereocenters. The molecule has 3 rings (SSSR count). The van der Waals surface area contributed by atoms with Gasteiger partial charge in [-0.1, -0.05) is 12.1 Å². The number of halogens is 3. The van der Waals surface area contributed by atoms with E-state index in [-0.39, 0.29) is 23.8 Å². The normalized spacial score (nSPS) is 19.0. The Balaban J connectivity index is 1.45. The van der Waals surface area contributed by atoms with Gasteiger partial charge in [0.25, 0.3) is 0 Å². The van der Waals surface area contributed by atoms with E-state index in [4.69, 9.17) is 0 Å². The number of hydrogen-bond acceptors (Lipinski definition) is 2. The van der Waals surface area contributed by atoms with E-state index in [0.717, 1.165) is 37.8 Å². The largest absolute Gasteiger partial charge is 0.416 e. The fourth-order valence-corrected chi connectivity index (χ4v) is 3.04. The summed E-state index contributed by atoms with van der Waals surface area (Å²) in [6.45, 7) is 1.31. The summed E-state index contributed by atoms with van der Waals surface area (Å²) in [5.74, 6) is 0.168. The SMILES string of the molecule is O=C(/C=C/c1ccc(C(F)(F)F)cc1)NC1CCN(C(=O)C2CC2)CC1. The number of carbonyl (C=O) groups excluding carboxylic acids is 2. The lowest BCUT2D eigenvalue weighted by molar-refractivity contribution is -0.137. The van der Waals surface area contributed by atoms with Crippen molar-refractivity contribution in [3.8, 4) is 0 Å². The summed E-state index contributed by atoms with van der Waals surface area (Å²) in [5, 5.41) is 2.89. The lowest BCUT2D eigenvalue weighted by Gasteiger charge is -2.32. The van der Waals surface area contributed by atoms with Crippen LogP contribution in [0.25, 0.3) is 6.08 Å². The summed E-state index contributed by atoms with van der Waals surface area (Å²) in [5.41, 5.74) is -0.190. The fraction of sp³-hybridized carbons (Fsp3) is 0.474.